The van der Waals surface area contributed by atoms with Crippen molar-refractivity contribution >= 4 is 0 Å². The van der Waals surface area contributed by atoms with Gasteiger partial charge in [-0.3, -0.25) is 4.98 Å². The van der Waals surface area contributed by atoms with Crippen LogP contribution in [0.1, 0.15) is 11.4 Å². The Morgan fingerprint density at radius 2 is 0.700 bits per heavy atom. The first-order valence-electron chi connectivity index (χ1n) is 16.8. The summed E-state index contributed by atoms with van der Waals surface area (Å²) in [5, 5.41) is 0. The lowest BCUT2D eigenvalue weighted by Gasteiger charge is -2.19. The Labute approximate surface area is 292 Å². The Hall–Kier alpha value is -6.52. The number of pyridine rings is 1. The fourth-order valence-corrected chi connectivity index (χ4v) is 6.49. The molecule has 8 aromatic rings. The van der Waals surface area contributed by atoms with Gasteiger partial charge in [-0.25, -0.2) is 15.0 Å². The standard InChI is InChI=1S/C46H34N4/c1-31-23-28-40(32(2)47-31)36-24-26-38(27-25-36)45-48-44(37-21-13-6-14-22-37)49-46(50-45)43-41(34-17-9-4-10-18-34)29-39(33-15-7-3-8-16-33)30-42(43)35-19-11-5-12-20-35/h3-30H,1-2H3. The van der Waals surface area contributed by atoms with Crippen molar-refractivity contribution in [1.82, 2.24) is 19.9 Å². The molecule has 0 saturated heterocycles. The molecule has 0 radical (unpaired) electrons. The molecular weight excluding hydrogens is 609 g/mol. The maximum Gasteiger partial charge on any atom is 0.165 e. The Balaban J connectivity index is 1.38. The third-order valence-electron chi connectivity index (χ3n) is 8.99. The smallest absolute Gasteiger partial charge is 0.165 e. The first kappa shape index (κ1) is 30.8. The van der Waals surface area contributed by atoms with E-state index in [0.29, 0.717) is 17.5 Å². The highest BCUT2D eigenvalue weighted by Crippen LogP contribution is 2.43. The van der Waals surface area contributed by atoms with Crippen molar-refractivity contribution in [1.29, 1.82) is 0 Å². The number of hydrogen-bond donors (Lipinski definition) is 0. The molecule has 0 aliphatic carbocycles. The zero-order chi connectivity index (χ0) is 33.9. The van der Waals surface area contributed by atoms with E-state index in [-0.39, 0.29) is 0 Å². The maximum absolute atomic E-state index is 5.27. The summed E-state index contributed by atoms with van der Waals surface area (Å²) in [6, 6.07) is 58.9. The molecule has 0 N–H and O–H groups in total. The summed E-state index contributed by atoms with van der Waals surface area (Å²) in [4.78, 5) is 20.2. The molecule has 6 aromatic carbocycles. The first-order valence-corrected chi connectivity index (χ1v) is 16.8. The van der Waals surface area contributed by atoms with Gasteiger partial charge in [0.1, 0.15) is 0 Å². The van der Waals surface area contributed by atoms with Crippen LogP contribution in [0.5, 0.6) is 0 Å². The Morgan fingerprint density at radius 3 is 1.20 bits per heavy atom. The van der Waals surface area contributed by atoms with Crippen molar-refractivity contribution < 1.29 is 0 Å². The van der Waals surface area contributed by atoms with E-state index in [1.54, 1.807) is 0 Å². The van der Waals surface area contributed by atoms with Gasteiger partial charge in [-0.05, 0) is 71.0 Å². The van der Waals surface area contributed by atoms with Gasteiger partial charge in [-0.1, -0.05) is 152 Å². The minimum absolute atomic E-state index is 0.615. The zero-order valence-electron chi connectivity index (χ0n) is 28.0. The second-order valence-corrected chi connectivity index (χ2v) is 12.4. The summed E-state index contributed by atoms with van der Waals surface area (Å²) in [5.41, 5.74) is 13.6. The molecule has 0 fully saturated rings. The topological polar surface area (TPSA) is 51.6 Å². The van der Waals surface area contributed by atoms with Crippen LogP contribution in [-0.2, 0) is 0 Å². The minimum Gasteiger partial charge on any atom is -0.258 e. The normalized spacial score (nSPS) is 11.0. The monoisotopic (exact) mass is 642 g/mol. The van der Waals surface area contributed by atoms with Crippen molar-refractivity contribution in [2.75, 3.05) is 0 Å². The third-order valence-corrected chi connectivity index (χ3v) is 8.99. The molecule has 0 amide bonds. The van der Waals surface area contributed by atoms with Gasteiger partial charge < -0.3 is 0 Å². The van der Waals surface area contributed by atoms with Crippen molar-refractivity contribution in [3.8, 4) is 78.7 Å². The van der Waals surface area contributed by atoms with E-state index < -0.39 is 0 Å². The lowest BCUT2D eigenvalue weighted by molar-refractivity contribution is 1.07. The summed E-state index contributed by atoms with van der Waals surface area (Å²) in [6.45, 7) is 4.07. The molecule has 0 saturated carbocycles. The number of aryl methyl sites for hydroxylation is 2. The summed E-state index contributed by atoms with van der Waals surface area (Å²) >= 11 is 0. The van der Waals surface area contributed by atoms with Crippen LogP contribution < -0.4 is 0 Å². The van der Waals surface area contributed by atoms with Gasteiger partial charge in [0.05, 0.1) is 0 Å². The van der Waals surface area contributed by atoms with Crippen molar-refractivity contribution in [3.05, 3.63) is 181 Å². The highest BCUT2D eigenvalue weighted by atomic mass is 15.0. The molecule has 0 spiro atoms. The molecular formula is C46H34N4. The van der Waals surface area contributed by atoms with Gasteiger partial charge >= 0.3 is 0 Å². The SMILES string of the molecule is Cc1ccc(-c2ccc(-c3nc(-c4ccccc4)nc(-c4c(-c5ccccc5)cc(-c5ccccc5)cc4-c4ccccc4)n3)cc2)c(C)n1. The molecule has 0 bridgehead atoms. The molecule has 238 valence electrons. The molecule has 50 heavy (non-hydrogen) atoms. The van der Waals surface area contributed by atoms with Gasteiger partial charge in [0.15, 0.2) is 17.5 Å². The first-order chi connectivity index (χ1) is 24.6. The van der Waals surface area contributed by atoms with E-state index in [4.69, 9.17) is 15.0 Å². The van der Waals surface area contributed by atoms with E-state index in [1.165, 1.54) is 0 Å². The zero-order valence-corrected chi connectivity index (χ0v) is 28.0. The number of hydrogen-bond acceptors (Lipinski definition) is 4. The second-order valence-electron chi connectivity index (χ2n) is 12.4. The summed E-state index contributed by atoms with van der Waals surface area (Å²) in [5.74, 6) is 1.86. The lowest BCUT2D eigenvalue weighted by Crippen LogP contribution is -2.03. The quantitative estimate of drug-likeness (QED) is 0.174. The minimum atomic E-state index is 0.615. The molecule has 0 aliphatic heterocycles. The van der Waals surface area contributed by atoms with Crippen LogP contribution in [0.3, 0.4) is 0 Å². The second kappa shape index (κ2) is 13.5. The lowest BCUT2D eigenvalue weighted by atomic mass is 9.87. The average molecular weight is 643 g/mol. The van der Waals surface area contributed by atoms with Gasteiger partial charge in [-0.15, -0.1) is 0 Å². The molecule has 4 heteroatoms. The Bertz CT molecular complexity index is 2350. The summed E-state index contributed by atoms with van der Waals surface area (Å²) < 4.78 is 0. The maximum atomic E-state index is 5.27. The van der Waals surface area contributed by atoms with Crippen molar-refractivity contribution in [2.24, 2.45) is 0 Å². The van der Waals surface area contributed by atoms with Crippen molar-refractivity contribution in [2.45, 2.75) is 13.8 Å². The van der Waals surface area contributed by atoms with E-state index in [2.05, 4.69) is 151 Å². The van der Waals surface area contributed by atoms with Crippen LogP contribution >= 0.6 is 0 Å². The summed E-state index contributed by atoms with van der Waals surface area (Å²) in [6.07, 6.45) is 0. The molecule has 2 heterocycles. The molecule has 0 atom stereocenters. The number of benzene rings is 6. The van der Waals surface area contributed by atoms with Crippen LogP contribution in [0, 0.1) is 13.8 Å². The van der Waals surface area contributed by atoms with E-state index in [0.717, 1.165) is 72.6 Å². The van der Waals surface area contributed by atoms with Gasteiger partial charge in [0.2, 0.25) is 0 Å². The van der Waals surface area contributed by atoms with Crippen LogP contribution in [0.15, 0.2) is 170 Å². The molecule has 4 nitrogen and oxygen atoms in total. The van der Waals surface area contributed by atoms with Gasteiger partial charge in [0, 0.05) is 33.6 Å². The summed E-state index contributed by atoms with van der Waals surface area (Å²) in [7, 11) is 0. The third kappa shape index (κ3) is 6.23. The molecule has 0 aliphatic rings. The number of rotatable bonds is 7. The van der Waals surface area contributed by atoms with Gasteiger partial charge in [0.25, 0.3) is 0 Å². The largest absolute Gasteiger partial charge is 0.258 e. The van der Waals surface area contributed by atoms with Crippen LogP contribution in [0.2, 0.25) is 0 Å². The average Bonchev–Trinajstić information content (AvgIpc) is 3.19. The molecule has 2 aromatic heterocycles. The predicted molar refractivity (Wildman–Crippen MR) is 205 cm³/mol. The molecule has 8 rings (SSSR count). The Morgan fingerprint density at radius 1 is 0.300 bits per heavy atom. The number of nitrogens with zero attached hydrogens (tertiary/aromatic N) is 4. The van der Waals surface area contributed by atoms with Crippen LogP contribution in [0.4, 0.5) is 0 Å². The highest BCUT2D eigenvalue weighted by molar-refractivity contribution is 5.96. The molecule has 0 unspecified atom stereocenters. The van der Waals surface area contributed by atoms with E-state index in [9.17, 15) is 0 Å². The predicted octanol–water partition coefficient (Wildman–Crippen LogP) is 11.6. The fourth-order valence-electron chi connectivity index (χ4n) is 6.49. The Kier molecular flexibility index (Phi) is 8.34. The highest BCUT2D eigenvalue weighted by Gasteiger charge is 2.21. The van der Waals surface area contributed by atoms with E-state index in [1.807, 2.05) is 37.3 Å². The number of aromatic nitrogens is 4. The van der Waals surface area contributed by atoms with Crippen LogP contribution in [-0.4, -0.2) is 19.9 Å². The van der Waals surface area contributed by atoms with E-state index >= 15 is 0 Å². The van der Waals surface area contributed by atoms with Crippen LogP contribution in [0.25, 0.3) is 78.7 Å². The van der Waals surface area contributed by atoms with Gasteiger partial charge in [-0.2, -0.15) is 0 Å². The van der Waals surface area contributed by atoms with Crippen molar-refractivity contribution in [3.63, 3.8) is 0 Å². The fraction of sp³-hybridized carbons (Fsp3) is 0.0435.